The van der Waals surface area contributed by atoms with Crippen molar-refractivity contribution in [2.45, 2.75) is 70.9 Å². The van der Waals surface area contributed by atoms with Crippen LogP contribution in [0, 0.1) is 0 Å². The van der Waals surface area contributed by atoms with E-state index in [1.54, 1.807) is 27.7 Å². The Kier molecular flexibility index (Phi) is 1.53. The minimum atomic E-state index is -3.75. The van der Waals surface area contributed by atoms with Gasteiger partial charge in [0.2, 0.25) is 0 Å². The summed E-state index contributed by atoms with van der Waals surface area (Å²) in [6.45, 7) is -0.235. The third kappa shape index (κ3) is 2.73. The molecule has 0 N–H and O–H groups in total. The molecule has 2 fully saturated rings. The standard InChI is InChI=1S/C15H25BN2O2S/c1-11-8-6-7-9-18(11)13-17-10-12(21-13)16-19-14(2,3)15(4,5)20-16/h10-11H,6-9H2,1-5H3/i1D3,6D2,7D2,8D2,9D2,10D,11D. The molecule has 0 bridgehead atoms. The summed E-state index contributed by atoms with van der Waals surface area (Å²) in [5.74, 6) is 0. The van der Waals surface area contributed by atoms with Crippen LogP contribution >= 0.6 is 11.3 Å². The third-order valence-corrected chi connectivity index (χ3v) is 4.72. The van der Waals surface area contributed by atoms with E-state index in [4.69, 9.17) is 27.1 Å². The van der Waals surface area contributed by atoms with Gasteiger partial charge in [0, 0.05) is 33.8 Å². The van der Waals surface area contributed by atoms with E-state index >= 15 is 0 Å². The van der Waals surface area contributed by atoms with Crippen LogP contribution in [-0.4, -0.2) is 35.8 Å². The van der Waals surface area contributed by atoms with Crippen molar-refractivity contribution >= 4 is 28.4 Å². The monoisotopic (exact) mass is 321 g/mol. The fourth-order valence-electron chi connectivity index (χ4n) is 1.82. The molecule has 0 amide bonds. The predicted molar refractivity (Wildman–Crippen MR) is 88.5 cm³/mol. The van der Waals surface area contributed by atoms with Crippen LogP contribution in [-0.2, 0) is 9.31 Å². The summed E-state index contributed by atoms with van der Waals surface area (Å²) in [5, 5.41) is -0.686. The lowest BCUT2D eigenvalue weighted by atomic mass is 9.89. The van der Waals surface area contributed by atoms with E-state index in [1.165, 1.54) is 0 Å². The average molecular weight is 321 g/mol. The van der Waals surface area contributed by atoms with Crippen molar-refractivity contribution < 1.29 is 27.1 Å². The first-order valence-corrected chi connectivity index (χ1v) is 7.26. The average Bonchev–Trinajstić information content (AvgIpc) is 3.08. The maximum absolute atomic E-state index is 8.66. The molecular weight excluding hydrogens is 283 g/mol. The molecule has 21 heavy (non-hydrogen) atoms. The van der Waals surface area contributed by atoms with Crippen LogP contribution in [0.15, 0.2) is 6.17 Å². The van der Waals surface area contributed by atoms with Gasteiger partial charge in [0.1, 0.15) is 0 Å². The van der Waals surface area contributed by atoms with Gasteiger partial charge in [-0.15, -0.1) is 11.3 Å². The van der Waals surface area contributed by atoms with Gasteiger partial charge in [-0.3, -0.25) is 0 Å². The lowest BCUT2D eigenvalue weighted by molar-refractivity contribution is 0.00578. The normalized spacial score (nSPS) is 51.0. The van der Waals surface area contributed by atoms with Crippen molar-refractivity contribution in [3.63, 3.8) is 0 Å². The molecule has 3 rings (SSSR count). The molecule has 3 heterocycles. The van der Waals surface area contributed by atoms with E-state index < -0.39 is 68.1 Å². The first kappa shape index (κ1) is 6.14. The summed E-state index contributed by atoms with van der Waals surface area (Å²) < 4.78 is 118. The zero-order valence-corrected chi connectivity index (χ0v) is 13.0. The van der Waals surface area contributed by atoms with Crippen LogP contribution in [0.3, 0.4) is 0 Å². The summed E-state index contributed by atoms with van der Waals surface area (Å²) in [5.41, 5.74) is -1.64. The van der Waals surface area contributed by atoms with Crippen molar-refractivity contribution in [2.24, 2.45) is 0 Å². The number of nitrogens with zero attached hydrogens (tertiary/aromatic N) is 2. The zero-order chi connectivity index (χ0) is 26.7. The topological polar surface area (TPSA) is 34.6 Å². The molecule has 1 atom stereocenters. The molecule has 6 heteroatoms. The highest BCUT2D eigenvalue weighted by Gasteiger charge is 2.52. The van der Waals surface area contributed by atoms with Gasteiger partial charge in [-0.2, -0.15) is 0 Å². The summed E-state index contributed by atoms with van der Waals surface area (Å²) in [6.07, 6.45) is -11.6. The fraction of sp³-hybridized carbons (Fsp3) is 0.800. The number of rotatable bonds is 2. The number of hydrogen-bond acceptors (Lipinski definition) is 5. The number of piperidine rings is 1. The largest absolute Gasteiger partial charge is 0.507 e. The number of aromatic nitrogens is 1. The molecule has 2 aliphatic heterocycles. The minimum absolute atomic E-state index is 0.00573. The molecule has 4 nitrogen and oxygen atoms in total. The molecular formula is C15H25BN2O2S. The highest BCUT2D eigenvalue weighted by atomic mass is 32.1. The van der Waals surface area contributed by atoms with Crippen LogP contribution < -0.4 is 9.68 Å². The molecule has 2 aliphatic rings. The Balaban J connectivity index is 2.26. The van der Waals surface area contributed by atoms with Gasteiger partial charge in [0.15, 0.2) is 5.13 Å². The van der Waals surface area contributed by atoms with Crippen LogP contribution in [0.4, 0.5) is 5.13 Å². The minimum Gasteiger partial charge on any atom is -0.399 e. The van der Waals surface area contributed by atoms with E-state index in [9.17, 15) is 0 Å². The Labute approximate surface area is 150 Å². The van der Waals surface area contributed by atoms with E-state index in [0.717, 1.165) is 0 Å². The molecule has 1 aromatic heterocycles. The van der Waals surface area contributed by atoms with Gasteiger partial charge in [-0.1, -0.05) is 0 Å². The van der Waals surface area contributed by atoms with Gasteiger partial charge in [0.05, 0.1) is 18.7 Å². The van der Waals surface area contributed by atoms with Crippen LogP contribution in [0.25, 0.3) is 0 Å². The van der Waals surface area contributed by atoms with Crippen molar-refractivity contribution in [3.8, 4) is 0 Å². The molecule has 0 radical (unpaired) electrons. The molecule has 2 saturated heterocycles. The molecule has 0 aliphatic carbocycles. The number of thiazole rings is 1. The molecule has 0 saturated carbocycles. The predicted octanol–water partition coefficient (Wildman–Crippen LogP) is 2.82. The van der Waals surface area contributed by atoms with Crippen molar-refractivity contribution in [1.82, 2.24) is 4.98 Å². The highest BCUT2D eigenvalue weighted by molar-refractivity contribution is 7.25. The molecule has 1 unspecified atom stereocenters. The smallest absolute Gasteiger partial charge is 0.399 e. The number of anilines is 1. The number of hydrogen-bond donors (Lipinski definition) is 0. The van der Waals surface area contributed by atoms with Gasteiger partial charge < -0.3 is 14.2 Å². The molecule has 0 spiro atoms. The van der Waals surface area contributed by atoms with E-state index in [0.29, 0.717) is 11.3 Å². The first-order chi connectivity index (χ1) is 14.8. The zero-order valence-electron chi connectivity index (χ0n) is 25.2. The Morgan fingerprint density at radius 3 is 2.86 bits per heavy atom. The second-order valence-corrected chi connectivity index (χ2v) is 6.74. The van der Waals surface area contributed by atoms with Gasteiger partial charge >= 0.3 is 7.12 Å². The van der Waals surface area contributed by atoms with Crippen molar-refractivity contribution in [2.75, 3.05) is 11.4 Å². The molecule has 116 valence electrons. The molecule has 0 aromatic carbocycles. The summed E-state index contributed by atoms with van der Waals surface area (Å²) in [7, 11) is -1.16. The highest BCUT2D eigenvalue weighted by Crippen LogP contribution is 2.37. The van der Waals surface area contributed by atoms with Crippen molar-refractivity contribution in [3.05, 3.63) is 6.17 Å². The molecule has 1 aromatic rings. The van der Waals surface area contributed by atoms with Gasteiger partial charge in [0.25, 0.3) is 0 Å². The van der Waals surface area contributed by atoms with Crippen LogP contribution in [0.5, 0.6) is 0 Å². The van der Waals surface area contributed by atoms with E-state index in [2.05, 4.69) is 4.98 Å². The lowest BCUT2D eigenvalue weighted by Crippen LogP contribution is -2.41. The van der Waals surface area contributed by atoms with Gasteiger partial charge in [-0.25, -0.2) is 4.98 Å². The Bertz CT molecular complexity index is 979. The van der Waals surface area contributed by atoms with E-state index in [-0.39, 0.29) is 9.68 Å². The van der Waals surface area contributed by atoms with E-state index in [1.807, 2.05) is 0 Å². The summed E-state index contributed by atoms with van der Waals surface area (Å²) >= 11 is 0.499. The second kappa shape index (κ2) is 5.25. The van der Waals surface area contributed by atoms with Crippen LogP contribution in [0.1, 0.15) is 71.5 Å². The maximum Gasteiger partial charge on any atom is 0.507 e. The van der Waals surface area contributed by atoms with Crippen LogP contribution in [0.2, 0.25) is 0 Å². The summed E-state index contributed by atoms with van der Waals surface area (Å²) in [4.78, 5) is 3.85. The fourth-order valence-corrected chi connectivity index (χ4v) is 2.62. The SMILES string of the molecule is [2H]c1nc(N2C([2H])([2H])C([2H])([2H])C([2H])([2H])C([2H])([2H])C2([2H])C([2H])([2H])[2H])sc1B1OC(C)(C)C(C)(C)O1. The van der Waals surface area contributed by atoms with Gasteiger partial charge in [-0.05, 0) is 53.7 Å². The Morgan fingerprint density at radius 2 is 2.19 bits per heavy atom. The summed E-state index contributed by atoms with van der Waals surface area (Å²) in [6, 6.07) is -3.66. The quantitative estimate of drug-likeness (QED) is 0.785. The second-order valence-electron chi connectivity index (χ2n) is 5.73. The Morgan fingerprint density at radius 1 is 1.48 bits per heavy atom. The third-order valence-electron chi connectivity index (χ3n) is 3.76. The maximum atomic E-state index is 8.66. The lowest BCUT2D eigenvalue weighted by Gasteiger charge is -2.33. The Hall–Kier alpha value is -0.585. The van der Waals surface area contributed by atoms with Crippen molar-refractivity contribution in [1.29, 1.82) is 0 Å². The first-order valence-electron chi connectivity index (χ1n) is 12.9.